The smallest absolute Gasteiger partial charge is 0.190 e. The van der Waals surface area contributed by atoms with E-state index in [1.54, 1.807) is 60.7 Å². The topological polar surface area (TPSA) is 43.4 Å². The molecule has 8 heteroatoms. The first kappa shape index (κ1) is 19.8. The van der Waals surface area contributed by atoms with Crippen LogP contribution in [0.1, 0.15) is 5.56 Å². The Bertz CT molecular complexity index is 968. The first-order valence-corrected chi connectivity index (χ1v) is 12.1. The summed E-state index contributed by atoms with van der Waals surface area (Å²) in [6.07, 6.45) is -4.80. The highest BCUT2D eigenvalue weighted by molar-refractivity contribution is 7.86. The summed E-state index contributed by atoms with van der Waals surface area (Å²) in [4.78, 5) is -0.869. The Morgan fingerprint density at radius 3 is 1.63 bits per heavy atom. The van der Waals surface area contributed by atoms with Crippen molar-refractivity contribution in [3.05, 3.63) is 97.6 Å². The Morgan fingerprint density at radius 2 is 1.15 bits per heavy atom. The van der Waals surface area contributed by atoms with Gasteiger partial charge in [0.1, 0.15) is 4.90 Å². The second kappa shape index (κ2) is 7.99. The van der Waals surface area contributed by atoms with Gasteiger partial charge in [-0.2, -0.15) is 21.6 Å². The lowest BCUT2D eigenvalue weighted by Gasteiger charge is -2.12. The molecule has 0 aliphatic heterocycles. The zero-order valence-electron chi connectivity index (χ0n) is 13.7. The molecule has 0 heterocycles. The maximum atomic E-state index is 13.3. The van der Waals surface area contributed by atoms with Crippen LogP contribution in [0.4, 0.5) is 13.2 Å². The van der Waals surface area contributed by atoms with E-state index in [4.69, 9.17) is 2.51 Å². The molecule has 3 nitrogen and oxygen atoms in total. The van der Waals surface area contributed by atoms with E-state index in [0.29, 0.717) is 7.14 Å². The highest BCUT2D eigenvalue weighted by Gasteiger charge is 2.42. The fraction of sp³-hybridized carbons (Fsp3) is 0.0526. The molecule has 0 saturated heterocycles. The molecule has 0 atom stereocenters. The van der Waals surface area contributed by atoms with Gasteiger partial charge in [0.2, 0.25) is 0 Å². The van der Waals surface area contributed by atoms with Gasteiger partial charge in [0.25, 0.3) is 0 Å². The highest BCUT2D eigenvalue weighted by Crippen LogP contribution is 2.34. The molecule has 0 aliphatic rings. The summed E-state index contributed by atoms with van der Waals surface area (Å²) in [5, 5.41) is 0. The van der Waals surface area contributed by atoms with Crippen LogP contribution in [0.25, 0.3) is 0 Å². The summed E-state index contributed by atoms with van der Waals surface area (Å²) < 4.78 is 72.1. The third kappa shape index (κ3) is 4.69. The molecule has 0 fully saturated rings. The molecule has 3 aromatic rings. The number of hydrogen-bond acceptors (Lipinski definition) is 3. The van der Waals surface area contributed by atoms with Crippen molar-refractivity contribution >= 4 is 10.1 Å². The SMILES string of the molecule is O=S(=O)(O[I+](c1ccccc1)c1ccccc1)c1ccccc1C(F)(F)F. The summed E-state index contributed by atoms with van der Waals surface area (Å²) in [6, 6.07) is 21.4. The second-order valence-electron chi connectivity index (χ2n) is 5.35. The monoisotopic (exact) mass is 506 g/mol. The van der Waals surface area contributed by atoms with Crippen LogP contribution in [0, 0.1) is 7.14 Å². The molecule has 0 bridgehead atoms. The minimum Gasteiger partial charge on any atom is -0.190 e. The van der Waals surface area contributed by atoms with E-state index in [-0.39, 0.29) is 0 Å². The van der Waals surface area contributed by atoms with Gasteiger partial charge in [0.15, 0.2) is 7.14 Å². The number of rotatable bonds is 5. The number of alkyl halides is 3. The van der Waals surface area contributed by atoms with Gasteiger partial charge in [-0.15, -0.1) is 0 Å². The first-order chi connectivity index (χ1) is 12.8. The minimum absolute atomic E-state index is 0.668. The normalized spacial score (nSPS) is 12.3. The molecule has 0 spiro atoms. The van der Waals surface area contributed by atoms with Gasteiger partial charge in [-0.25, -0.2) is 0 Å². The predicted octanol–water partition coefficient (Wildman–Crippen LogP) is 1.69. The lowest BCUT2D eigenvalue weighted by molar-refractivity contribution is -1.03. The molecule has 0 aromatic heterocycles. The average molecular weight is 506 g/mol. The molecule has 0 saturated carbocycles. The standard InChI is InChI=1S/C19H14F3IO3S/c20-19(21,22)17-13-7-8-14-18(17)27(24,25)26-23(15-9-3-1-4-10-15)16-11-5-2-6-12-16/h1-14H/q+1. The van der Waals surface area contributed by atoms with Gasteiger partial charge in [0.05, 0.1) is 5.56 Å². The van der Waals surface area contributed by atoms with Gasteiger partial charge < -0.3 is 0 Å². The maximum absolute atomic E-state index is 13.3. The summed E-state index contributed by atoms with van der Waals surface area (Å²) in [6.45, 7) is 0. The van der Waals surface area contributed by atoms with E-state index < -0.39 is 47.0 Å². The molecule has 3 aromatic carbocycles. The summed E-state index contributed by atoms with van der Waals surface area (Å²) in [5.74, 6) is 0. The van der Waals surface area contributed by atoms with Gasteiger partial charge in [-0.05, 0) is 38.9 Å². The van der Waals surface area contributed by atoms with Gasteiger partial charge in [-0.3, -0.25) is 0 Å². The summed E-state index contributed by atoms with van der Waals surface area (Å²) in [7, 11) is -4.62. The third-order valence-electron chi connectivity index (χ3n) is 3.47. The Morgan fingerprint density at radius 1 is 0.704 bits per heavy atom. The zero-order chi connectivity index (χ0) is 19.5. The van der Waals surface area contributed by atoms with Crippen LogP contribution in [0.15, 0.2) is 89.8 Å². The average Bonchev–Trinajstić information content (AvgIpc) is 2.67. The van der Waals surface area contributed by atoms with Crippen LogP contribution in [0.2, 0.25) is 0 Å². The molecule has 3 rings (SSSR count). The van der Waals surface area contributed by atoms with Crippen molar-refractivity contribution in [1.82, 2.24) is 0 Å². The molecular formula is C19H14F3IO3S+. The van der Waals surface area contributed by atoms with Crippen LogP contribution in [0.5, 0.6) is 0 Å². The van der Waals surface area contributed by atoms with Crippen LogP contribution in [0.3, 0.4) is 0 Å². The van der Waals surface area contributed by atoms with Crippen molar-refractivity contribution in [3.63, 3.8) is 0 Å². The Labute approximate surface area is 162 Å². The van der Waals surface area contributed by atoms with E-state index >= 15 is 0 Å². The van der Waals surface area contributed by atoms with Crippen molar-refractivity contribution in [1.29, 1.82) is 0 Å². The van der Waals surface area contributed by atoms with Crippen molar-refractivity contribution in [2.75, 3.05) is 0 Å². The van der Waals surface area contributed by atoms with Gasteiger partial charge in [0, 0.05) is 0 Å². The number of benzene rings is 3. The highest BCUT2D eigenvalue weighted by atomic mass is 127. The van der Waals surface area contributed by atoms with Crippen molar-refractivity contribution < 1.29 is 44.3 Å². The third-order valence-corrected chi connectivity index (χ3v) is 10.9. The van der Waals surface area contributed by atoms with E-state index in [9.17, 15) is 21.6 Å². The molecule has 141 valence electrons. The molecular weight excluding hydrogens is 492 g/mol. The van der Waals surface area contributed by atoms with Crippen molar-refractivity contribution in [2.45, 2.75) is 11.1 Å². The second-order valence-corrected chi connectivity index (χ2v) is 11.8. The van der Waals surface area contributed by atoms with E-state index in [0.717, 1.165) is 18.2 Å². The Balaban J connectivity index is 2.07. The van der Waals surface area contributed by atoms with Crippen molar-refractivity contribution in [2.24, 2.45) is 0 Å². The van der Waals surface area contributed by atoms with Crippen molar-refractivity contribution in [3.8, 4) is 0 Å². The molecule has 0 unspecified atom stereocenters. The van der Waals surface area contributed by atoms with E-state index in [1.165, 1.54) is 6.07 Å². The van der Waals surface area contributed by atoms with Gasteiger partial charge >= 0.3 is 36.5 Å². The minimum atomic E-state index is -4.80. The predicted molar refractivity (Wildman–Crippen MR) is 90.0 cm³/mol. The van der Waals surface area contributed by atoms with E-state index in [2.05, 4.69) is 0 Å². The molecule has 0 N–H and O–H groups in total. The quantitative estimate of drug-likeness (QED) is 0.495. The molecule has 27 heavy (non-hydrogen) atoms. The summed E-state index contributed by atoms with van der Waals surface area (Å²) >= 11 is -2.99. The summed E-state index contributed by atoms with van der Waals surface area (Å²) in [5.41, 5.74) is -1.23. The largest absolute Gasteiger partial charge is 0.417 e. The van der Waals surface area contributed by atoms with Crippen LogP contribution in [-0.2, 0) is 18.8 Å². The van der Waals surface area contributed by atoms with Gasteiger partial charge in [-0.1, -0.05) is 48.5 Å². The van der Waals surface area contributed by atoms with Crippen LogP contribution >= 0.6 is 0 Å². The van der Waals surface area contributed by atoms with Crippen LogP contribution in [-0.4, -0.2) is 8.42 Å². The molecule has 0 amide bonds. The fourth-order valence-electron chi connectivity index (χ4n) is 2.29. The molecule has 0 aliphatic carbocycles. The van der Waals surface area contributed by atoms with Crippen LogP contribution < -0.4 is 20.2 Å². The lowest BCUT2D eigenvalue weighted by atomic mass is 10.2. The fourth-order valence-corrected chi connectivity index (χ4v) is 9.47. The molecule has 1 radical (unpaired) electrons. The number of hydrogen-bond donors (Lipinski definition) is 0. The lowest BCUT2D eigenvalue weighted by Crippen LogP contribution is -3.85. The first-order valence-electron chi connectivity index (χ1n) is 7.70. The Kier molecular flexibility index (Phi) is 5.87. The zero-order valence-corrected chi connectivity index (χ0v) is 16.7. The maximum Gasteiger partial charge on any atom is 0.417 e. The Hall–Kier alpha value is -1.91. The van der Waals surface area contributed by atoms with E-state index in [1.807, 2.05) is 0 Å². The number of halogens is 4.